The Morgan fingerprint density at radius 3 is 2.68 bits per heavy atom. The van der Waals surface area contributed by atoms with Crippen molar-refractivity contribution in [1.29, 1.82) is 0 Å². The summed E-state index contributed by atoms with van der Waals surface area (Å²) in [5.41, 5.74) is 1.71. The minimum absolute atomic E-state index is 0.000763. The lowest BCUT2D eigenvalue weighted by Crippen LogP contribution is -2.39. The van der Waals surface area contributed by atoms with Gasteiger partial charge in [-0.1, -0.05) is 35.5 Å². The predicted octanol–water partition coefficient (Wildman–Crippen LogP) is 1.41. The molecule has 0 bridgehead atoms. The minimum Gasteiger partial charge on any atom is -0.342 e. The zero-order valence-corrected chi connectivity index (χ0v) is 13.1. The van der Waals surface area contributed by atoms with Crippen molar-refractivity contribution < 1.29 is 9.59 Å². The summed E-state index contributed by atoms with van der Waals surface area (Å²) in [6, 6.07) is 12.7. The first-order valence-electron chi connectivity index (χ1n) is 7.73. The van der Waals surface area contributed by atoms with Gasteiger partial charge in [0.25, 0.3) is 11.8 Å². The lowest BCUT2D eigenvalue weighted by Gasteiger charge is -2.24. The molecule has 2 N–H and O–H groups in total. The van der Waals surface area contributed by atoms with Gasteiger partial charge in [0.2, 0.25) is 0 Å². The number of hydrogen-bond acceptors (Lipinski definition) is 5. The number of amides is 2. The third kappa shape index (κ3) is 2.85. The predicted molar refractivity (Wildman–Crippen MR) is 88.9 cm³/mol. The van der Waals surface area contributed by atoms with E-state index in [0.717, 1.165) is 5.56 Å². The van der Waals surface area contributed by atoms with Crippen LogP contribution in [0, 0.1) is 0 Å². The number of aromatic nitrogens is 4. The van der Waals surface area contributed by atoms with Gasteiger partial charge in [-0.3, -0.25) is 14.6 Å². The van der Waals surface area contributed by atoms with Gasteiger partial charge in [-0.05, 0) is 17.7 Å². The van der Waals surface area contributed by atoms with E-state index in [-0.39, 0.29) is 23.3 Å². The highest BCUT2D eigenvalue weighted by Crippen LogP contribution is 2.22. The van der Waals surface area contributed by atoms with Gasteiger partial charge < -0.3 is 10.6 Å². The summed E-state index contributed by atoms with van der Waals surface area (Å²) < 4.78 is 1.47. The number of pyridine rings is 1. The zero-order chi connectivity index (χ0) is 17.2. The molecule has 0 fully saturated rings. The summed E-state index contributed by atoms with van der Waals surface area (Å²) in [6.45, 7) is 0.417. The molecule has 1 atom stereocenters. The second-order valence-corrected chi connectivity index (χ2v) is 5.60. The molecule has 1 aliphatic heterocycles. The minimum atomic E-state index is -0.485. The fourth-order valence-electron chi connectivity index (χ4n) is 2.76. The number of hydrogen-bond donors (Lipinski definition) is 2. The number of fused-ring (bicyclic) bond motifs is 1. The lowest BCUT2D eigenvalue weighted by atomic mass is 10.0. The topological polar surface area (TPSA) is 102 Å². The van der Waals surface area contributed by atoms with Crippen LogP contribution in [0.5, 0.6) is 0 Å². The van der Waals surface area contributed by atoms with Crippen molar-refractivity contribution in [3.8, 4) is 0 Å². The normalized spacial score (nSPS) is 16.0. The quantitative estimate of drug-likeness (QED) is 0.754. The highest BCUT2D eigenvalue weighted by atomic mass is 16.2. The highest BCUT2D eigenvalue weighted by Gasteiger charge is 2.32. The largest absolute Gasteiger partial charge is 0.342 e. The Bertz CT molecular complexity index is 923. The number of anilines is 1. The Balaban J connectivity index is 1.60. The molecule has 0 saturated heterocycles. The van der Waals surface area contributed by atoms with Crippen LogP contribution in [0.4, 0.5) is 5.69 Å². The van der Waals surface area contributed by atoms with Gasteiger partial charge in [0.1, 0.15) is 0 Å². The van der Waals surface area contributed by atoms with Crippen LogP contribution in [0.3, 0.4) is 0 Å². The molecular formula is C17H14N6O2. The average molecular weight is 334 g/mol. The summed E-state index contributed by atoms with van der Waals surface area (Å²) >= 11 is 0. The van der Waals surface area contributed by atoms with Crippen LogP contribution in [0.1, 0.15) is 32.6 Å². The van der Waals surface area contributed by atoms with E-state index in [1.54, 1.807) is 24.5 Å². The maximum atomic E-state index is 12.5. The Kier molecular flexibility index (Phi) is 3.70. The molecule has 0 spiro atoms. The third-order valence-electron chi connectivity index (χ3n) is 3.97. The number of nitrogens with zero attached hydrogens (tertiary/aromatic N) is 4. The molecule has 0 unspecified atom stereocenters. The number of rotatable bonds is 3. The summed E-state index contributed by atoms with van der Waals surface area (Å²) in [6.07, 6.45) is 3.13. The maximum Gasteiger partial charge on any atom is 0.278 e. The average Bonchev–Trinajstić information content (AvgIpc) is 3.08. The van der Waals surface area contributed by atoms with Crippen LogP contribution < -0.4 is 10.6 Å². The first-order chi connectivity index (χ1) is 12.2. The van der Waals surface area contributed by atoms with E-state index in [0.29, 0.717) is 12.2 Å². The van der Waals surface area contributed by atoms with Crippen molar-refractivity contribution in [2.45, 2.75) is 12.6 Å². The zero-order valence-electron chi connectivity index (χ0n) is 13.1. The van der Waals surface area contributed by atoms with Gasteiger partial charge >= 0.3 is 0 Å². The van der Waals surface area contributed by atoms with Crippen molar-refractivity contribution in [2.24, 2.45) is 0 Å². The highest BCUT2D eigenvalue weighted by molar-refractivity contribution is 6.10. The van der Waals surface area contributed by atoms with Crippen molar-refractivity contribution in [1.82, 2.24) is 25.3 Å². The Morgan fingerprint density at radius 2 is 1.92 bits per heavy atom. The molecule has 0 aliphatic carbocycles. The van der Waals surface area contributed by atoms with E-state index < -0.39 is 5.91 Å². The molecule has 2 aromatic heterocycles. The van der Waals surface area contributed by atoms with Crippen molar-refractivity contribution in [2.75, 3.05) is 5.32 Å². The Labute approximate surface area is 142 Å². The van der Waals surface area contributed by atoms with Gasteiger partial charge in [-0.2, -0.15) is 0 Å². The second kappa shape index (κ2) is 6.16. The van der Waals surface area contributed by atoms with Gasteiger partial charge in [0.05, 0.1) is 12.6 Å². The number of nitrogens with one attached hydrogen (secondary N) is 2. The number of carbonyl (C=O) groups is 2. The van der Waals surface area contributed by atoms with Crippen molar-refractivity contribution in [3.63, 3.8) is 0 Å². The summed E-state index contributed by atoms with van der Waals surface area (Å²) in [5.74, 6) is -0.856. The molecule has 3 aromatic rings. The SMILES string of the molecule is O=C(Nc1ccncc1)c1nnn2c1C(=O)N[C@@H](c1ccccc1)C2. The molecule has 0 saturated carbocycles. The summed E-state index contributed by atoms with van der Waals surface area (Å²) in [7, 11) is 0. The first kappa shape index (κ1) is 15.0. The van der Waals surface area contributed by atoms with Crippen LogP contribution in [0.2, 0.25) is 0 Å². The van der Waals surface area contributed by atoms with E-state index in [9.17, 15) is 9.59 Å². The fourth-order valence-corrected chi connectivity index (χ4v) is 2.76. The Morgan fingerprint density at radius 1 is 1.16 bits per heavy atom. The molecule has 4 rings (SSSR count). The molecule has 1 aromatic carbocycles. The summed E-state index contributed by atoms with van der Waals surface area (Å²) in [5, 5.41) is 13.5. The lowest BCUT2D eigenvalue weighted by molar-refractivity contribution is 0.0885. The van der Waals surface area contributed by atoms with Gasteiger partial charge in [-0.15, -0.1) is 5.10 Å². The molecule has 1 aliphatic rings. The molecule has 8 nitrogen and oxygen atoms in total. The van der Waals surface area contributed by atoms with E-state index in [1.807, 2.05) is 30.3 Å². The molecule has 3 heterocycles. The monoisotopic (exact) mass is 334 g/mol. The van der Waals surface area contributed by atoms with Crippen molar-refractivity contribution >= 4 is 17.5 Å². The maximum absolute atomic E-state index is 12.5. The van der Waals surface area contributed by atoms with Gasteiger partial charge in [0.15, 0.2) is 11.4 Å². The number of carbonyl (C=O) groups excluding carboxylic acids is 2. The van der Waals surface area contributed by atoms with Crippen LogP contribution in [-0.4, -0.2) is 31.8 Å². The van der Waals surface area contributed by atoms with E-state index in [2.05, 4.69) is 25.9 Å². The van der Waals surface area contributed by atoms with Gasteiger partial charge in [-0.25, -0.2) is 4.68 Å². The molecule has 25 heavy (non-hydrogen) atoms. The Hall–Kier alpha value is -3.55. The number of benzene rings is 1. The first-order valence-corrected chi connectivity index (χ1v) is 7.73. The van der Waals surface area contributed by atoms with Gasteiger partial charge in [0, 0.05) is 18.1 Å². The molecule has 2 amide bonds. The van der Waals surface area contributed by atoms with E-state index in [4.69, 9.17) is 0 Å². The van der Waals surface area contributed by atoms with Crippen LogP contribution in [0.15, 0.2) is 54.9 Å². The second-order valence-electron chi connectivity index (χ2n) is 5.60. The molecular weight excluding hydrogens is 320 g/mol. The van der Waals surface area contributed by atoms with Crippen LogP contribution >= 0.6 is 0 Å². The molecule has 124 valence electrons. The van der Waals surface area contributed by atoms with Crippen molar-refractivity contribution in [3.05, 3.63) is 71.8 Å². The van der Waals surface area contributed by atoms with E-state index >= 15 is 0 Å². The molecule has 8 heteroatoms. The van der Waals surface area contributed by atoms with E-state index in [1.165, 1.54) is 4.68 Å². The third-order valence-corrected chi connectivity index (χ3v) is 3.97. The fraction of sp³-hybridized carbons (Fsp3) is 0.118. The summed E-state index contributed by atoms with van der Waals surface area (Å²) in [4.78, 5) is 28.8. The smallest absolute Gasteiger partial charge is 0.278 e. The standard InChI is InChI=1S/C17H14N6O2/c24-16(19-12-6-8-18-9-7-12)14-15-17(25)20-13(10-23(15)22-21-14)11-4-2-1-3-5-11/h1-9,13H,10H2,(H,20,25)(H,18,19,24)/t13-/m1/s1. The van der Waals surface area contributed by atoms with Crippen LogP contribution in [0.25, 0.3) is 0 Å². The molecule has 0 radical (unpaired) electrons. The van der Waals surface area contributed by atoms with Crippen LogP contribution in [-0.2, 0) is 6.54 Å².